The Labute approximate surface area is 130 Å². The van der Waals surface area contributed by atoms with Crippen molar-refractivity contribution in [1.82, 2.24) is 9.88 Å². The molecule has 0 radical (unpaired) electrons. The van der Waals surface area contributed by atoms with E-state index in [9.17, 15) is 9.59 Å². The minimum atomic E-state index is -0.905. The van der Waals surface area contributed by atoms with Gasteiger partial charge >= 0.3 is 5.97 Å². The zero-order valence-electron chi connectivity index (χ0n) is 13.5. The molecular weight excluding hydrogens is 282 g/mol. The van der Waals surface area contributed by atoms with Crippen LogP contribution in [0.15, 0.2) is 18.3 Å². The molecule has 1 aromatic heterocycles. The third-order valence-corrected chi connectivity index (χ3v) is 3.98. The first-order valence-electron chi connectivity index (χ1n) is 7.44. The van der Waals surface area contributed by atoms with E-state index in [0.717, 1.165) is 11.4 Å². The predicted molar refractivity (Wildman–Crippen MR) is 84.0 cm³/mol. The third kappa shape index (κ3) is 3.44. The standard InChI is InChI=1S/C16H23N3O3/c1-11(15(21)22)18-7-8-19(14(20)10-18)12-5-6-13(17-9-12)16(2,3)4/h5-6,9,11H,7-8,10H2,1-4H3,(H,21,22). The summed E-state index contributed by atoms with van der Waals surface area (Å²) in [4.78, 5) is 31.1. The van der Waals surface area contributed by atoms with Crippen molar-refractivity contribution in [3.8, 4) is 0 Å². The molecule has 22 heavy (non-hydrogen) atoms. The lowest BCUT2D eigenvalue weighted by atomic mass is 9.92. The van der Waals surface area contributed by atoms with E-state index in [1.807, 2.05) is 12.1 Å². The van der Waals surface area contributed by atoms with E-state index in [-0.39, 0.29) is 17.9 Å². The van der Waals surface area contributed by atoms with Gasteiger partial charge in [-0.15, -0.1) is 0 Å². The summed E-state index contributed by atoms with van der Waals surface area (Å²) < 4.78 is 0. The van der Waals surface area contributed by atoms with Crippen LogP contribution in [-0.2, 0) is 15.0 Å². The van der Waals surface area contributed by atoms with Gasteiger partial charge in [0, 0.05) is 24.2 Å². The number of amides is 1. The quantitative estimate of drug-likeness (QED) is 0.916. The molecule has 1 fully saturated rings. The van der Waals surface area contributed by atoms with E-state index in [1.165, 1.54) is 0 Å². The molecule has 1 unspecified atom stereocenters. The van der Waals surface area contributed by atoms with Gasteiger partial charge in [0.15, 0.2) is 0 Å². The molecule has 1 N–H and O–H groups in total. The lowest BCUT2D eigenvalue weighted by Crippen LogP contribution is -2.54. The van der Waals surface area contributed by atoms with Crippen LogP contribution in [0.4, 0.5) is 5.69 Å². The van der Waals surface area contributed by atoms with Crippen molar-refractivity contribution in [2.24, 2.45) is 0 Å². The Bertz CT molecular complexity index is 563. The van der Waals surface area contributed by atoms with Gasteiger partial charge in [-0.3, -0.25) is 19.5 Å². The van der Waals surface area contributed by atoms with Crippen LogP contribution >= 0.6 is 0 Å². The molecule has 1 aromatic rings. The Kier molecular flexibility index (Phi) is 4.51. The Morgan fingerprint density at radius 3 is 2.45 bits per heavy atom. The second-order valence-electron chi connectivity index (χ2n) is 6.68. The molecule has 1 saturated heterocycles. The van der Waals surface area contributed by atoms with Gasteiger partial charge in [0.1, 0.15) is 6.04 Å². The highest BCUT2D eigenvalue weighted by Crippen LogP contribution is 2.23. The first kappa shape index (κ1) is 16.4. The Morgan fingerprint density at radius 2 is 2.00 bits per heavy atom. The van der Waals surface area contributed by atoms with Crippen LogP contribution in [0.25, 0.3) is 0 Å². The molecule has 1 atom stereocenters. The fourth-order valence-corrected chi connectivity index (χ4v) is 2.44. The van der Waals surface area contributed by atoms with Gasteiger partial charge in [-0.1, -0.05) is 20.8 Å². The van der Waals surface area contributed by atoms with Gasteiger partial charge in [-0.2, -0.15) is 0 Å². The second-order valence-corrected chi connectivity index (χ2v) is 6.68. The third-order valence-electron chi connectivity index (χ3n) is 3.98. The minimum absolute atomic E-state index is 0.0296. The largest absolute Gasteiger partial charge is 0.480 e. The van der Waals surface area contributed by atoms with E-state index >= 15 is 0 Å². The van der Waals surface area contributed by atoms with Crippen LogP contribution in [0.3, 0.4) is 0 Å². The van der Waals surface area contributed by atoms with E-state index in [4.69, 9.17) is 5.11 Å². The first-order valence-corrected chi connectivity index (χ1v) is 7.44. The average Bonchev–Trinajstić information content (AvgIpc) is 2.45. The molecule has 1 aliphatic heterocycles. The van der Waals surface area contributed by atoms with Crippen LogP contribution in [0.1, 0.15) is 33.4 Å². The number of carboxylic acids is 1. The number of carbonyl (C=O) groups is 2. The summed E-state index contributed by atoms with van der Waals surface area (Å²) in [5.74, 6) is -0.998. The number of aliphatic carboxylic acids is 1. The molecule has 0 aromatic carbocycles. The molecule has 0 saturated carbocycles. The number of carbonyl (C=O) groups excluding carboxylic acids is 1. The SMILES string of the molecule is CC(C(=O)O)N1CCN(c2ccc(C(C)(C)C)nc2)C(=O)C1. The van der Waals surface area contributed by atoms with Crippen molar-refractivity contribution in [2.75, 3.05) is 24.5 Å². The number of anilines is 1. The van der Waals surface area contributed by atoms with Gasteiger partial charge in [0.05, 0.1) is 18.4 Å². The van der Waals surface area contributed by atoms with Crippen molar-refractivity contribution in [2.45, 2.75) is 39.2 Å². The topological polar surface area (TPSA) is 73.7 Å². The van der Waals surface area contributed by atoms with Gasteiger partial charge < -0.3 is 10.0 Å². The van der Waals surface area contributed by atoms with Gasteiger partial charge in [0.2, 0.25) is 5.91 Å². The Morgan fingerprint density at radius 1 is 1.32 bits per heavy atom. The summed E-state index contributed by atoms with van der Waals surface area (Å²) in [6.45, 7) is 9.01. The summed E-state index contributed by atoms with van der Waals surface area (Å²) in [6.07, 6.45) is 1.72. The average molecular weight is 305 g/mol. The number of hydrogen-bond donors (Lipinski definition) is 1. The summed E-state index contributed by atoms with van der Waals surface area (Å²) in [5.41, 5.74) is 1.71. The summed E-state index contributed by atoms with van der Waals surface area (Å²) in [5, 5.41) is 9.03. The number of nitrogens with zero attached hydrogens (tertiary/aromatic N) is 3. The number of carboxylic acid groups (broad SMARTS) is 1. The molecular formula is C16H23N3O3. The van der Waals surface area contributed by atoms with Gasteiger partial charge in [0.25, 0.3) is 0 Å². The lowest BCUT2D eigenvalue weighted by Gasteiger charge is -2.36. The number of aromatic nitrogens is 1. The first-order chi connectivity index (χ1) is 10.2. The van der Waals surface area contributed by atoms with Crippen LogP contribution in [0.2, 0.25) is 0 Å². The zero-order chi connectivity index (χ0) is 16.5. The number of rotatable bonds is 3. The van der Waals surface area contributed by atoms with Crippen molar-refractivity contribution in [3.05, 3.63) is 24.0 Å². The highest BCUT2D eigenvalue weighted by Gasteiger charge is 2.30. The van der Waals surface area contributed by atoms with E-state index in [0.29, 0.717) is 13.1 Å². The molecule has 2 heterocycles. The fraction of sp³-hybridized carbons (Fsp3) is 0.562. The lowest BCUT2D eigenvalue weighted by molar-refractivity contribution is -0.143. The highest BCUT2D eigenvalue weighted by molar-refractivity contribution is 5.95. The fourth-order valence-electron chi connectivity index (χ4n) is 2.44. The van der Waals surface area contributed by atoms with Crippen molar-refractivity contribution >= 4 is 17.6 Å². The molecule has 1 amide bonds. The normalized spacial score (nSPS) is 18.4. The minimum Gasteiger partial charge on any atom is -0.480 e. The molecule has 6 nitrogen and oxygen atoms in total. The monoisotopic (exact) mass is 305 g/mol. The smallest absolute Gasteiger partial charge is 0.320 e. The zero-order valence-corrected chi connectivity index (χ0v) is 13.5. The van der Waals surface area contributed by atoms with Crippen LogP contribution in [0.5, 0.6) is 0 Å². The maximum absolute atomic E-state index is 12.3. The summed E-state index contributed by atoms with van der Waals surface area (Å²) in [7, 11) is 0. The Balaban J connectivity index is 2.09. The van der Waals surface area contributed by atoms with Gasteiger partial charge in [-0.05, 0) is 19.1 Å². The van der Waals surface area contributed by atoms with Gasteiger partial charge in [-0.25, -0.2) is 0 Å². The molecule has 6 heteroatoms. The van der Waals surface area contributed by atoms with E-state index in [2.05, 4.69) is 25.8 Å². The molecule has 0 aliphatic carbocycles. The van der Waals surface area contributed by atoms with Crippen LogP contribution in [0, 0.1) is 0 Å². The summed E-state index contributed by atoms with van der Waals surface area (Å²) >= 11 is 0. The van der Waals surface area contributed by atoms with Crippen LogP contribution in [-0.4, -0.2) is 52.5 Å². The maximum Gasteiger partial charge on any atom is 0.320 e. The molecule has 1 aliphatic rings. The number of piperazine rings is 1. The predicted octanol–water partition coefficient (Wildman–Crippen LogP) is 1.50. The van der Waals surface area contributed by atoms with E-state index in [1.54, 1.807) is 22.9 Å². The molecule has 2 rings (SSSR count). The summed E-state index contributed by atoms with van der Waals surface area (Å²) in [6, 6.07) is 3.20. The molecule has 0 spiro atoms. The van der Waals surface area contributed by atoms with Crippen molar-refractivity contribution in [3.63, 3.8) is 0 Å². The Hall–Kier alpha value is -1.95. The molecule has 0 bridgehead atoms. The number of pyridine rings is 1. The number of hydrogen-bond acceptors (Lipinski definition) is 4. The highest BCUT2D eigenvalue weighted by atomic mass is 16.4. The van der Waals surface area contributed by atoms with Crippen molar-refractivity contribution in [1.29, 1.82) is 0 Å². The van der Waals surface area contributed by atoms with E-state index < -0.39 is 12.0 Å². The second kappa shape index (κ2) is 6.04. The van der Waals surface area contributed by atoms with Crippen molar-refractivity contribution < 1.29 is 14.7 Å². The van der Waals surface area contributed by atoms with Crippen LogP contribution < -0.4 is 4.90 Å². The maximum atomic E-state index is 12.3. The molecule has 120 valence electrons.